The molecular formula is C11H7F2N3O4. The number of primary amides is 1. The number of hydrogen-bond donors (Lipinski definition) is 2. The topological polar surface area (TPSA) is 110 Å². The van der Waals surface area contributed by atoms with Gasteiger partial charge in [0.15, 0.2) is 0 Å². The lowest BCUT2D eigenvalue weighted by Crippen LogP contribution is -2.44. The number of benzene rings is 1. The van der Waals surface area contributed by atoms with E-state index in [1.165, 1.54) is 0 Å². The molecule has 0 saturated carbocycles. The fraction of sp³-hybridized carbons (Fsp3) is 0.0909. The number of nitrogens with zero attached hydrogens (tertiary/aromatic N) is 1. The van der Waals surface area contributed by atoms with Crippen molar-refractivity contribution in [3.63, 3.8) is 0 Å². The van der Waals surface area contributed by atoms with Crippen molar-refractivity contribution in [2.24, 2.45) is 5.73 Å². The maximum absolute atomic E-state index is 13.6. The second-order valence-corrected chi connectivity index (χ2v) is 3.89. The van der Waals surface area contributed by atoms with Crippen LogP contribution in [0.25, 0.3) is 0 Å². The number of carbonyl (C=O) groups is 4. The molecule has 1 aliphatic rings. The number of carbonyl (C=O) groups excluding carboxylic acids is 4. The van der Waals surface area contributed by atoms with E-state index in [0.29, 0.717) is 11.0 Å². The highest BCUT2D eigenvalue weighted by Gasteiger charge is 2.41. The molecule has 7 nitrogen and oxygen atoms in total. The summed E-state index contributed by atoms with van der Waals surface area (Å²) in [7, 11) is 0. The first-order valence-corrected chi connectivity index (χ1v) is 5.26. The Morgan fingerprint density at radius 3 is 2.40 bits per heavy atom. The lowest BCUT2D eigenvalue weighted by Gasteiger charge is -2.15. The number of rotatable bonds is 2. The van der Waals surface area contributed by atoms with Gasteiger partial charge >= 0.3 is 6.03 Å². The summed E-state index contributed by atoms with van der Waals surface area (Å²) in [5, 5.41) is 1.65. The molecule has 4 amide bonds. The molecule has 0 atom stereocenters. The van der Waals surface area contributed by atoms with Crippen molar-refractivity contribution in [3.8, 4) is 0 Å². The Morgan fingerprint density at radius 1 is 1.20 bits per heavy atom. The summed E-state index contributed by atoms with van der Waals surface area (Å²) >= 11 is 0. The maximum atomic E-state index is 13.6. The number of hydrogen-bond acceptors (Lipinski definition) is 4. The van der Waals surface area contributed by atoms with Gasteiger partial charge in [-0.2, -0.15) is 0 Å². The lowest BCUT2D eigenvalue weighted by molar-refractivity contribution is -0.121. The summed E-state index contributed by atoms with van der Waals surface area (Å²) in [4.78, 5) is 45.5. The van der Waals surface area contributed by atoms with Crippen LogP contribution in [0.1, 0.15) is 10.4 Å². The molecule has 1 aliphatic heterocycles. The summed E-state index contributed by atoms with van der Waals surface area (Å²) in [6, 6.07) is 0.249. The van der Waals surface area contributed by atoms with E-state index >= 15 is 0 Å². The molecule has 3 N–H and O–H groups in total. The van der Waals surface area contributed by atoms with Gasteiger partial charge in [-0.3, -0.25) is 24.6 Å². The minimum absolute atomic E-state index is 0.453. The van der Waals surface area contributed by atoms with Gasteiger partial charge in [0.1, 0.15) is 18.2 Å². The third-order valence-electron chi connectivity index (χ3n) is 2.58. The summed E-state index contributed by atoms with van der Waals surface area (Å²) in [6.07, 6.45) is 0. The minimum atomic E-state index is -1.26. The van der Waals surface area contributed by atoms with E-state index in [9.17, 15) is 28.0 Å². The number of Topliss-reactive ketones (excluding diaryl/α,β-unsaturated/α-hetero) is 1. The number of nitrogens with one attached hydrogen (secondary N) is 1. The summed E-state index contributed by atoms with van der Waals surface area (Å²) in [5.41, 5.74) is 3.34. The van der Waals surface area contributed by atoms with Crippen LogP contribution in [-0.2, 0) is 9.59 Å². The van der Waals surface area contributed by atoms with Crippen molar-refractivity contribution < 1.29 is 28.0 Å². The van der Waals surface area contributed by atoms with Gasteiger partial charge in [-0.25, -0.2) is 13.6 Å². The average molecular weight is 283 g/mol. The molecule has 0 spiro atoms. The summed E-state index contributed by atoms with van der Waals surface area (Å²) in [5.74, 6) is -5.66. The Balaban J connectivity index is 2.41. The van der Waals surface area contributed by atoms with Gasteiger partial charge in [-0.05, 0) is 12.1 Å². The summed E-state index contributed by atoms with van der Waals surface area (Å²) < 4.78 is 27.1. The van der Waals surface area contributed by atoms with Crippen LogP contribution in [0.4, 0.5) is 19.3 Å². The number of fused-ring (bicyclic) bond motifs is 1. The number of ketones is 1. The Labute approximate surface area is 110 Å². The monoisotopic (exact) mass is 283 g/mol. The van der Waals surface area contributed by atoms with Crippen LogP contribution in [0.3, 0.4) is 0 Å². The van der Waals surface area contributed by atoms with Crippen molar-refractivity contribution in [2.75, 3.05) is 11.4 Å². The first-order valence-electron chi connectivity index (χ1n) is 5.26. The number of imide groups is 1. The van der Waals surface area contributed by atoms with Crippen molar-refractivity contribution >= 4 is 29.3 Å². The van der Waals surface area contributed by atoms with Crippen LogP contribution in [-0.4, -0.2) is 30.2 Å². The predicted molar refractivity (Wildman–Crippen MR) is 60.8 cm³/mol. The molecule has 0 saturated heterocycles. The Kier molecular flexibility index (Phi) is 3.18. The summed E-state index contributed by atoms with van der Waals surface area (Å²) in [6.45, 7) is -0.832. The van der Waals surface area contributed by atoms with Gasteiger partial charge in [0, 0.05) is 0 Å². The fourth-order valence-electron chi connectivity index (χ4n) is 1.82. The zero-order chi connectivity index (χ0) is 15.0. The zero-order valence-electron chi connectivity index (χ0n) is 9.78. The largest absolute Gasteiger partial charge is 0.351 e. The minimum Gasteiger partial charge on any atom is -0.351 e. The average Bonchev–Trinajstić information content (AvgIpc) is 2.59. The highest BCUT2D eigenvalue weighted by Crippen LogP contribution is 2.33. The van der Waals surface area contributed by atoms with Crippen LogP contribution in [0.15, 0.2) is 12.1 Å². The van der Waals surface area contributed by atoms with Gasteiger partial charge in [-0.15, -0.1) is 0 Å². The second-order valence-electron chi connectivity index (χ2n) is 3.89. The standard InChI is InChI=1S/C11H7F2N3O4/c12-4-1-2-5(13)8-7(4)9(18)10(19)16(8)3-6(17)15-11(14)20/h1-2H,3H2,(H3,14,15,17,20). The molecule has 2 rings (SSSR count). The van der Waals surface area contributed by atoms with Crippen molar-refractivity contribution in [3.05, 3.63) is 29.3 Å². The Morgan fingerprint density at radius 2 is 1.80 bits per heavy atom. The fourth-order valence-corrected chi connectivity index (χ4v) is 1.82. The van der Waals surface area contributed by atoms with E-state index in [4.69, 9.17) is 5.73 Å². The molecule has 1 aromatic rings. The SMILES string of the molecule is NC(=O)NC(=O)CN1C(=O)C(=O)c2c(F)ccc(F)c21. The third kappa shape index (κ3) is 2.09. The van der Waals surface area contributed by atoms with Gasteiger partial charge < -0.3 is 5.73 Å². The molecule has 1 heterocycles. The first-order chi connectivity index (χ1) is 9.32. The molecule has 0 bridgehead atoms. The van der Waals surface area contributed by atoms with Gasteiger partial charge in [-0.1, -0.05) is 0 Å². The molecular weight excluding hydrogens is 276 g/mol. The highest BCUT2D eigenvalue weighted by atomic mass is 19.1. The molecule has 0 aromatic heterocycles. The van der Waals surface area contributed by atoms with Crippen LogP contribution in [0.5, 0.6) is 0 Å². The lowest BCUT2D eigenvalue weighted by atomic mass is 10.1. The third-order valence-corrected chi connectivity index (χ3v) is 2.58. The van der Waals surface area contributed by atoms with Crippen LogP contribution < -0.4 is 16.0 Å². The molecule has 9 heteroatoms. The molecule has 20 heavy (non-hydrogen) atoms. The quantitative estimate of drug-likeness (QED) is 0.725. The van der Waals surface area contributed by atoms with Crippen molar-refractivity contribution in [2.45, 2.75) is 0 Å². The smallest absolute Gasteiger partial charge is 0.318 e. The van der Waals surface area contributed by atoms with E-state index in [0.717, 1.165) is 6.07 Å². The highest BCUT2D eigenvalue weighted by molar-refractivity contribution is 6.52. The van der Waals surface area contributed by atoms with E-state index in [-0.39, 0.29) is 0 Å². The molecule has 0 fully saturated rings. The molecule has 104 valence electrons. The number of amides is 4. The normalized spacial score (nSPS) is 13.4. The zero-order valence-corrected chi connectivity index (χ0v) is 9.78. The van der Waals surface area contributed by atoms with Crippen LogP contribution in [0.2, 0.25) is 0 Å². The number of anilines is 1. The second kappa shape index (κ2) is 4.68. The van der Waals surface area contributed by atoms with Crippen LogP contribution in [0, 0.1) is 11.6 Å². The number of halogens is 2. The number of nitrogens with two attached hydrogens (primary N) is 1. The molecule has 0 aliphatic carbocycles. The Bertz CT molecular complexity index is 659. The predicted octanol–water partition coefficient (Wildman–Crippen LogP) is -0.311. The van der Waals surface area contributed by atoms with Crippen molar-refractivity contribution in [1.29, 1.82) is 0 Å². The molecule has 0 unspecified atom stereocenters. The van der Waals surface area contributed by atoms with Crippen LogP contribution >= 0.6 is 0 Å². The van der Waals surface area contributed by atoms with Gasteiger partial charge in [0.25, 0.3) is 11.7 Å². The first kappa shape index (κ1) is 13.6. The van der Waals surface area contributed by atoms with E-state index in [1.54, 1.807) is 5.32 Å². The molecule has 1 aromatic carbocycles. The van der Waals surface area contributed by atoms with Gasteiger partial charge in [0.05, 0.1) is 11.3 Å². The van der Waals surface area contributed by atoms with E-state index in [1.807, 2.05) is 0 Å². The van der Waals surface area contributed by atoms with Crippen molar-refractivity contribution in [1.82, 2.24) is 5.32 Å². The van der Waals surface area contributed by atoms with E-state index < -0.39 is 53.1 Å². The van der Waals surface area contributed by atoms with E-state index in [2.05, 4.69) is 0 Å². The molecule has 0 radical (unpaired) electrons. The maximum Gasteiger partial charge on any atom is 0.318 e. The Hall–Kier alpha value is -2.84. The van der Waals surface area contributed by atoms with Gasteiger partial charge in [0.2, 0.25) is 5.91 Å². The number of urea groups is 1.